The van der Waals surface area contributed by atoms with Gasteiger partial charge < -0.3 is 15.4 Å². The molecule has 84 valence electrons. The van der Waals surface area contributed by atoms with E-state index >= 15 is 0 Å². The van der Waals surface area contributed by atoms with Crippen LogP contribution in [-0.4, -0.2) is 42.1 Å². The molecule has 0 radical (unpaired) electrons. The maximum atomic E-state index is 12.2. The largest absolute Gasteiger partial charge is 0.374 e. The van der Waals surface area contributed by atoms with Gasteiger partial charge in [0.05, 0.1) is 18.1 Å². The first kappa shape index (κ1) is 9.60. The average molecular weight is 210 g/mol. The van der Waals surface area contributed by atoms with Crippen LogP contribution in [-0.2, 0) is 9.53 Å². The highest BCUT2D eigenvalue weighted by Crippen LogP contribution is 2.39. The van der Waals surface area contributed by atoms with Crippen molar-refractivity contribution in [2.75, 3.05) is 13.1 Å². The van der Waals surface area contributed by atoms with Gasteiger partial charge in [-0.15, -0.1) is 0 Å². The fraction of sp³-hybridized carbons (Fsp3) is 0.909. The minimum atomic E-state index is 0.133. The molecule has 2 N–H and O–H groups in total. The second kappa shape index (κ2) is 3.46. The van der Waals surface area contributed by atoms with Crippen LogP contribution in [0.3, 0.4) is 0 Å². The molecule has 3 unspecified atom stereocenters. The molecule has 3 aliphatic rings. The minimum Gasteiger partial charge on any atom is -0.374 e. The second-order valence-corrected chi connectivity index (χ2v) is 5.05. The van der Waals surface area contributed by atoms with Gasteiger partial charge in [-0.3, -0.25) is 4.79 Å². The van der Waals surface area contributed by atoms with E-state index in [-0.39, 0.29) is 24.0 Å². The molecular weight excluding hydrogens is 192 g/mol. The number of fused-ring (bicyclic) bond motifs is 2. The number of carbonyl (C=O) groups excluding carboxylic acids is 1. The van der Waals surface area contributed by atoms with E-state index < -0.39 is 0 Å². The number of ether oxygens (including phenoxy) is 1. The number of rotatable bonds is 1. The van der Waals surface area contributed by atoms with Gasteiger partial charge in [-0.2, -0.15) is 0 Å². The van der Waals surface area contributed by atoms with E-state index in [1.165, 1.54) is 0 Å². The third-order valence-electron chi connectivity index (χ3n) is 3.96. The summed E-state index contributed by atoms with van der Waals surface area (Å²) < 4.78 is 5.71. The first-order valence-corrected chi connectivity index (χ1v) is 5.94. The van der Waals surface area contributed by atoms with Crippen LogP contribution in [0.1, 0.15) is 25.7 Å². The maximum absolute atomic E-state index is 12.2. The lowest BCUT2D eigenvalue weighted by Crippen LogP contribution is -2.39. The first-order valence-electron chi connectivity index (χ1n) is 5.94. The zero-order valence-corrected chi connectivity index (χ0v) is 8.89. The number of amides is 1. The van der Waals surface area contributed by atoms with Gasteiger partial charge in [-0.05, 0) is 25.7 Å². The molecule has 0 saturated carbocycles. The lowest BCUT2D eigenvalue weighted by molar-refractivity contribution is -0.136. The van der Waals surface area contributed by atoms with Crippen LogP contribution >= 0.6 is 0 Å². The maximum Gasteiger partial charge on any atom is 0.228 e. The van der Waals surface area contributed by atoms with Crippen LogP contribution in [0, 0.1) is 5.92 Å². The highest BCUT2D eigenvalue weighted by molar-refractivity contribution is 5.80. The minimum absolute atomic E-state index is 0.133. The summed E-state index contributed by atoms with van der Waals surface area (Å²) in [5.74, 6) is 0.421. The van der Waals surface area contributed by atoms with Gasteiger partial charge in [0.15, 0.2) is 0 Å². The molecule has 3 fully saturated rings. The van der Waals surface area contributed by atoms with Crippen molar-refractivity contribution >= 4 is 5.91 Å². The molecule has 4 nitrogen and oxygen atoms in total. The summed E-state index contributed by atoms with van der Waals surface area (Å²) in [6.07, 6.45) is 4.68. The van der Waals surface area contributed by atoms with Crippen LogP contribution in [0.2, 0.25) is 0 Å². The summed E-state index contributed by atoms with van der Waals surface area (Å²) in [7, 11) is 0. The van der Waals surface area contributed by atoms with Crippen molar-refractivity contribution < 1.29 is 9.53 Å². The van der Waals surface area contributed by atoms with Crippen molar-refractivity contribution in [1.29, 1.82) is 0 Å². The van der Waals surface area contributed by atoms with E-state index in [1.54, 1.807) is 0 Å². The molecule has 4 atom stereocenters. The van der Waals surface area contributed by atoms with Crippen molar-refractivity contribution in [3.05, 3.63) is 0 Å². The predicted molar refractivity (Wildman–Crippen MR) is 55.2 cm³/mol. The standard InChI is InChI=1S/C11H18N2O2/c12-7-3-4-13(6-7)11(14)9-5-8-1-2-10(9)15-8/h7-10H,1-6,12H2/t7-,8?,9?,10?/m1/s1. The SMILES string of the molecule is N[C@@H]1CCN(C(=O)C2CC3CCC2O3)C1. The Morgan fingerprint density at radius 1 is 1.33 bits per heavy atom. The summed E-state index contributed by atoms with van der Waals surface area (Å²) >= 11 is 0. The Labute approximate surface area is 89.7 Å². The van der Waals surface area contributed by atoms with Gasteiger partial charge in [0.1, 0.15) is 0 Å². The van der Waals surface area contributed by atoms with Gasteiger partial charge in [0.25, 0.3) is 0 Å². The first-order chi connectivity index (χ1) is 7.24. The Kier molecular flexibility index (Phi) is 2.21. The molecule has 0 spiro atoms. The van der Waals surface area contributed by atoms with Gasteiger partial charge in [-0.25, -0.2) is 0 Å². The van der Waals surface area contributed by atoms with E-state index in [2.05, 4.69) is 0 Å². The van der Waals surface area contributed by atoms with Crippen LogP contribution in [0.25, 0.3) is 0 Å². The van der Waals surface area contributed by atoms with Crippen molar-refractivity contribution in [1.82, 2.24) is 4.90 Å². The zero-order chi connectivity index (χ0) is 10.4. The molecule has 3 saturated heterocycles. The Morgan fingerprint density at radius 2 is 2.20 bits per heavy atom. The lowest BCUT2D eigenvalue weighted by Gasteiger charge is -2.24. The van der Waals surface area contributed by atoms with Gasteiger partial charge in [0.2, 0.25) is 5.91 Å². The number of nitrogens with zero attached hydrogens (tertiary/aromatic N) is 1. The molecule has 0 aromatic heterocycles. The Morgan fingerprint density at radius 3 is 2.73 bits per heavy atom. The van der Waals surface area contributed by atoms with E-state index in [0.29, 0.717) is 6.10 Å². The third-order valence-corrected chi connectivity index (χ3v) is 3.96. The van der Waals surface area contributed by atoms with Crippen LogP contribution < -0.4 is 5.73 Å². The summed E-state index contributed by atoms with van der Waals surface area (Å²) in [6, 6.07) is 0.188. The second-order valence-electron chi connectivity index (χ2n) is 5.05. The third kappa shape index (κ3) is 1.56. The van der Waals surface area contributed by atoms with E-state index in [0.717, 1.165) is 38.8 Å². The number of hydrogen-bond donors (Lipinski definition) is 1. The highest BCUT2D eigenvalue weighted by Gasteiger charge is 2.46. The zero-order valence-electron chi connectivity index (χ0n) is 8.89. The van der Waals surface area contributed by atoms with E-state index in [9.17, 15) is 4.79 Å². The number of hydrogen-bond acceptors (Lipinski definition) is 3. The summed E-state index contributed by atoms with van der Waals surface area (Å²) in [6.45, 7) is 1.58. The van der Waals surface area contributed by atoms with Gasteiger partial charge >= 0.3 is 0 Å². The van der Waals surface area contributed by atoms with Crippen molar-refractivity contribution in [2.24, 2.45) is 11.7 Å². The molecule has 0 aromatic rings. The molecule has 3 aliphatic heterocycles. The van der Waals surface area contributed by atoms with E-state index in [4.69, 9.17) is 10.5 Å². The monoisotopic (exact) mass is 210 g/mol. The smallest absolute Gasteiger partial charge is 0.228 e. The van der Waals surface area contributed by atoms with Crippen molar-refractivity contribution in [2.45, 2.75) is 43.9 Å². The Balaban J connectivity index is 1.65. The number of nitrogens with two attached hydrogens (primary N) is 1. The fourth-order valence-electron chi connectivity index (χ4n) is 3.12. The Hall–Kier alpha value is -0.610. The van der Waals surface area contributed by atoms with Crippen molar-refractivity contribution in [3.63, 3.8) is 0 Å². The highest BCUT2D eigenvalue weighted by atomic mass is 16.5. The molecule has 3 heterocycles. The van der Waals surface area contributed by atoms with E-state index in [1.807, 2.05) is 4.90 Å². The molecule has 4 heteroatoms. The van der Waals surface area contributed by atoms with Gasteiger partial charge in [-0.1, -0.05) is 0 Å². The number of likely N-dealkylation sites (tertiary alicyclic amines) is 1. The molecule has 1 amide bonds. The van der Waals surface area contributed by atoms with Gasteiger partial charge in [0, 0.05) is 19.1 Å². The molecule has 0 aromatic carbocycles. The average Bonchev–Trinajstić information content (AvgIpc) is 2.90. The summed E-state index contributed by atoms with van der Waals surface area (Å²) in [4.78, 5) is 14.1. The van der Waals surface area contributed by atoms with Crippen molar-refractivity contribution in [3.8, 4) is 0 Å². The Bertz CT molecular complexity index is 282. The summed E-state index contributed by atoms with van der Waals surface area (Å²) in [5, 5.41) is 0. The van der Waals surface area contributed by atoms with Crippen LogP contribution in [0.4, 0.5) is 0 Å². The summed E-state index contributed by atoms with van der Waals surface area (Å²) in [5.41, 5.74) is 5.81. The molecule has 0 aliphatic carbocycles. The topological polar surface area (TPSA) is 55.6 Å². The molecular formula is C11H18N2O2. The fourth-order valence-corrected chi connectivity index (χ4v) is 3.12. The predicted octanol–water partition coefficient (Wildman–Crippen LogP) is 0.113. The van der Waals surface area contributed by atoms with Crippen LogP contribution in [0.5, 0.6) is 0 Å². The quantitative estimate of drug-likeness (QED) is 0.668. The molecule has 2 bridgehead atoms. The molecule has 3 rings (SSSR count). The van der Waals surface area contributed by atoms with Crippen LogP contribution in [0.15, 0.2) is 0 Å². The number of carbonyl (C=O) groups is 1. The molecule has 15 heavy (non-hydrogen) atoms. The lowest BCUT2D eigenvalue weighted by atomic mass is 9.88. The normalized spacial score (nSPS) is 43.9.